The van der Waals surface area contributed by atoms with E-state index in [1.807, 2.05) is 91.0 Å². The Morgan fingerprint density at radius 3 is 1.21 bits per heavy atom. The summed E-state index contributed by atoms with van der Waals surface area (Å²) in [6.45, 7) is 0. The number of para-hydroxylation sites is 1. The van der Waals surface area contributed by atoms with Crippen molar-refractivity contribution in [2.45, 2.75) is 0 Å². The van der Waals surface area contributed by atoms with Gasteiger partial charge in [-0.05, 0) is 58.1 Å². The molecule has 0 aliphatic carbocycles. The number of ether oxygens (including phenoxy) is 2. The third kappa shape index (κ3) is 5.21. The molecule has 0 fully saturated rings. The van der Waals surface area contributed by atoms with Crippen molar-refractivity contribution in [2.24, 2.45) is 0 Å². The van der Waals surface area contributed by atoms with Gasteiger partial charge in [0, 0.05) is 5.56 Å². The van der Waals surface area contributed by atoms with Crippen molar-refractivity contribution in [3.63, 3.8) is 0 Å². The summed E-state index contributed by atoms with van der Waals surface area (Å²) in [7, 11) is 0. The molecule has 0 spiro atoms. The maximum absolute atomic E-state index is 6.53. The van der Waals surface area contributed by atoms with Crippen LogP contribution < -0.4 is 9.47 Å². The fraction of sp³-hybridized carbons (Fsp3) is 0. The van der Waals surface area contributed by atoms with Gasteiger partial charge >= 0.3 is 0 Å². The monoisotopic (exact) mass is 490 g/mol. The Balaban J connectivity index is 1.33. The lowest BCUT2D eigenvalue weighted by atomic mass is 10.0. The molecule has 0 N–H and O–H groups in total. The second-order valence-corrected chi connectivity index (χ2v) is 8.98. The highest BCUT2D eigenvalue weighted by molar-refractivity contribution is 5.75. The van der Waals surface area contributed by atoms with E-state index >= 15 is 0 Å². The van der Waals surface area contributed by atoms with Crippen LogP contribution in [0.1, 0.15) is 0 Å². The molecule has 0 aromatic heterocycles. The maximum Gasteiger partial charge on any atom is 0.177 e. The smallest absolute Gasteiger partial charge is 0.177 e. The molecule has 0 atom stereocenters. The van der Waals surface area contributed by atoms with Crippen molar-refractivity contribution < 1.29 is 9.47 Å². The first kappa shape index (κ1) is 23.3. The van der Waals surface area contributed by atoms with Crippen LogP contribution in [0.5, 0.6) is 23.0 Å². The minimum Gasteiger partial charge on any atom is -0.453 e. The van der Waals surface area contributed by atoms with Crippen LogP contribution >= 0.6 is 0 Å². The van der Waals surface area contributed by atoms with Crippen LogP contribution in [0.4, 0.5) is 0 Å². The number of benzene rings is 6. The van der Waals surface area contributed by atoms with Gasteiger partial charge in [-0.2, -0.15) is 0 Å². The van der Waals surface area contributed by atoms with E-state index in [9.17, 15) is 0 Å². The summed E-state index contributed by atoms with van der Waals surface area (Å²) < 4.78 is 12.9. The Morgan fingerprint density at radius 1 is 0.289 bits per heavy atom. The minimum atomic E-state index is 0.658. The SMILES string of the molecule is c1ccc(-c2ccc(Oc3cccc(-c4ccccc4)c3Oc3ccc(-c4ccccc4)cc3)cc2)cc1. The average Bonchev–Trinajstić information content (AvgIpc) is 3.00. The largest absolute Gasteiger partial charge is 0.453 e. The lowest BCUT2D eigenvalue weighted by Crippen LogP contribution is -1.94. The van der Waals surface area contributed by atoms with Gasteiger partial charge in [0.15, 0.2) is 11.5 Å². The normalized spacial score (nSPS) is 10.6. The Hall–Kier alpha value is -5.08. The third-order valence-corrected chi connectivity index (χ3v) is 6.43. The predicted octanol–water partition coefficient (Wildman–Crippen LogP) is 10.3. The van der Waals surface area contributed by atoms with Crippen LogP contribution in [-0.2, 0) is 0 Å². The van der Waals surface area contributed by atoms with Crippen LogP contribution in [-0.4, -0.2) is 0 Å². The standard InChI is InChI=1S/C36H26O2/c1-4-11-27(12-5-1)29-19-23-32(24-20-29)37-35-18-10-17-34(31-15-8-3-9-16-31)36(35)38-33-25-21-30(22-26-33)28-13-6-2-7-14-28/h1-26H. The average molecular weight is 491 g/mol. The number of hydrogen-bond acceptors (Lipinski definition) is 2. The van der Waals surface area contributed by atoms with E-state index in [0.29, 0.717) is 11.5 Å². The molecule has 2 heteroatoms. The van der Waals surface area contributed by atoms with Crippen LogP contribution in [0.25, 0.3) is 33.4 Å². The molecular formula is C36H26O2. The van der Waals surface area contributed by atoms with Gasteiger partial charge in [-0.25, -0.2) is 0 Å². The highest BCUT2D eigenvalue weighted by atomic mass is 16.5. The molecule has 6 rings (SSSR count). The number of rotatable bonds is 7. The van der Waals surface area contributed by atoms with Crippen molar-refractivity contribution in [1.29, 1.82) is 0 Å². The Labute approximate surface area is 223 Å². The zero-order chi connectivity index (χ0) is 25.6. The molecule has 0 amide bonds. The van der Waals surface area contributed by atoms with E-state index < -0.39 is 0 Å². The van der Waals surface area contributed by atoms with Crippen LogP contribution in [0, 0.1) is 0 Å². The third-order valence-electron chi connectivity index (χ3n) is 6.43. The fourth-order valence-corrected chi connectivity index (χ4v) is 4.48. The zero-order valence-corrected chi connectivity index (χ0v) is 20.8. The molecule has 0 bridgehead atoms. The van der Waals surface area contributed by atoms with Gasteiger partial charge in [0.2, 0.25) is 0 Å². The number of hydrogen-bond donors (Lipinski definition) is 0. The van der Waals surface area contributed by atoms with Gasteiger partial charge < -0.3 is 9.47 Å². The molecule has 0 heterocycles. The van der Waals surface area contributed by atoms with Crippen molar-refractivity contribution in [1.82, 2.24) is 0 Å². The Morgan fingerprint density at radius 2 is 0.711 bits per heavy atom. The molecule has 0 aliphatic heterocycles. The Bertz CT molecular complexity index is 1610. The summed E-state index contributed by atoms with van der Waals surface area (Å²) in [6.07, 6.45) is 0. The summed E-state index contributed by atoms with van der Waals surface area (Å²) in [5.74, 6) is 2.83. The second kappa shape index (κ2) is 10.9. The summed E-state index contributed by atoms with van der Waals surface area (Å²) in [6, 6.07) is 53.2. The van der Waals surface area contributed by atoms with Crippen LogP contribution in [0.2, 0.25) is 0 Å². The highest BCUT2D eigenvalue weighted by Crippen LogP contribution is 2.43. The molecule has 0 saturated carbocycles. The predicted molar refractivity (Wildman–Crippen MR) is 156 cm³/mol. The van der Waals surface area contributed by atoms with E-state index in [1.165, 1.54) is 11.1 Å². The molecular weight excluding hydrogens is 464 g/mol. The maximum atomic E-state index is 6.53. The van der Waals surface area contributed by atoms with Crippen molar-refractivity contribution in [2.75, 3.05) is 0 Å². The van der Waals surface area contributed by atoms with E-state index in [1.54, 1.807) is 0 Å². The summed E-state index contributed by atoms with van der Waals surface area (Å²) in [4.78, 5) is 0. The molecule has 6 aromatic rings. The second-order valence-electron chi connectivity index (χ2n) is 8.98. The topological polar surface area (TPSA) is 18.5 Å². The molecule has 0 unspecified atom stereocenters. The van der Waals surface area contributed by atoms with E-state index in [0.717, 1.165) is 33.8 Å². The highest BCUT2D eigenvalue weighted by Gasteiger charge is 2.15. The first-order chi connectivity index (χ1) is 18.8. The van der Waals surface area contributed by atoms with Gasteiger partial charge in [0.25, 0.3) is 0 Å². The summed E-state index contributed by atoms with van der Waals surface area (Å²) >= 11 is 0. The van der Waals surface area contributed by atoms with E-state index in [4.69, 9.17) is 9.47 Å². The lowest BCUT2D eigenvalue weighted by Gasteiger charge is -2.17. The van der Waals surface area contributed by atoms with E-state index in [-0.39, 0.29) is 0 Å². The zero-order valence-electron chi connectivity index (χ0n) is 20.8. The van der Waals surface area contributed by atoms with Gasteiger partial charge in [0.1, 0.15) is 11.5 Å². The fourth-order valence-electron chi connectivity index (χ4n) is 4.48. The molecule has 38 heavy (non-hydrogen) atoms. The van der Waals surface area contributed by atoms with Crippen molar-refractivity contribution in [3.05, 3.63) is 158 Å². The van der Waals surface area contributed by atoms with Gasteiger partial charge in [-0.1, -0.05) is 127 Å². The van der Waals surface area contributed by atoms with Gasteiger partial charge in [-0.3, -0.25) is 0 Å². The Kier molecular flexibility index (Phi) is 6.69. The van der Waals surface area contributed by atoms with Gasteiger partial charge in [0.05, 0.1) is 0 Å². The van der Waals surface area contributed by atoms with Crippen LogP contribution in [0.15, 0.2) is 158 Å². The molecule has 6 aromatic carbocycles. The van der Waals surface area contributed by atoms with E-state index in [2.05, 4.69) is 66.7 Å². The first-order valence-corrected chi connectivity index (χ1v) is 12.7. The summed E-state index contributed by atoms with van der Waals surface area (Å²) in [5, 5.41) is 0. The molecule has 0 saturated heterocycles. The van der Waals surface area contributed by atoms with Crippen molar-refractivity contribution in [3.8, 4) is 56.4 Å². The first-order valence-electron chi connectivity index (χ1n) is 12.7. The summed E-state index contributed by atoms with van der Waals surface area (Å²) in [5.41, 5.74) is 6.67. The van der Waals surface area contributed by atoms with Gasteiger partial charge in [-0.15, -0.1) is 0 Å². The lowest BCUT2D eigenvalue weighted by molar-refractivity contribution is 0.420. The van der Waals surface area contributed by atoms with Crippen LogP contribution in [0.3, 0.4) is 0 Å². The quantitative estimate of drug-likeness (QED) is 0.222. The minimum absolute atomic E-state index is 0.658. The molecule has 0 radical (unpaired) electrons. The molecule has 182 valence electrons. The van der Waals surface area contributed by atoms with Crippen molar-refractivity contribution >= 4 is 0 Å². The molecule has 0 aliphatic rings. The molecule has 2 nitrogen and oxygen atoms in total.